The molecule has 3 aromatic heterocycles. The van der Waals surface area contributed by atoms with Gasteiger partial charge in [-0.25, -0.2) is 9.97 Å². The number of fused-ring (bicyclic) bond motifs is 1. The minimum absolute atomic E-state index is 0.275. The maximum Gasteiger partial charge on any atom is 0.267 e. The summed E-state index contributed by atoms with van der Waals surface area (Å²) in [5, 5.41) is 1.04. The van der Waals surface area contributed by atoms with Crippen LogP contribution >= 0.6 is 0 Å². The Morgan fingerprint density at radius 3 is 2.43 bits per heavy atom. The quantitative estimate of drug-likeness (QED) is 0.747. The number of nitrogens with one attached hydrogen (secondary N) is 1. The van der Waals surface area contributed by atoms with E-state index in [9.17, 15) is 4.79 Å². The molecule has 0 aromatic carbocycles. The van der Waals surface area contributed by atoms with E-state index in [1.54, 1.807) is 12.3 Å². The third-order valence-electron chi connectivity index (χ3n) is 3.05. The summed E-state index contributed by atoms with van der Waals surface area (Å²) in [4.78, 5) is 22.7. The number of H-pyrrole nitrogens is 1. The molecule has 3 aromatic rings. The first-order valence-electron chi connectivity index (χ1n) is 7.86. The third kappa shape index (κ3) is 4.16. The smallest absolute Gasteiger partial charge is 0.267 e. The lowest BCUT2D eigenvalue weighted by molar-refractivity contribution is 0.0995. The number of aryl methyl sites for hydroxylation is 1. The van der Waals surface area contributed by atoms with E-state index in [1.165, 1.54) is 0 Å². The number of carbonyl (C=O) groups is 1. The molecule has 3 heterocycles. The molecular formula is C18H24N4O. The van der Waals surface area contributed by atoms with Crippen molar-refractivity contribution < 1.29 is 4.79 Å². The lowest BCUT2D eigenvalue weighted by atomic mass is 10.0. The van der Waals surface area contributed by atoms with Crippen LogP contribution in [0.25, 0.3) is 22.2 Å². The second-order valence-corrected chi connectivity index (χ2v) is 4.33. The van der Waals surface area contributed by atoms with Gasteiger partial charge in [-0.15, -0.1) is 0 Å². The van der Waals surface area contributed by atoms with E-state index in [1.807, 2.05) is 59.0 Å². The van der Waals surface area contributed by atoms with Gasteiger partial charge in [0.1, 0.15) is 11.3 Å². The van der Waals surface area contributed by atoms with E-state index in [2.05, 4.69) is 15.0 Å². The lowest BCUT2D eigenvalue weighted by Gasteiger charge is -2.06. The van der Waals surface area contributed by atoms with Gasteiger partial charge in [0.25, 0.3) is 5.91 Å². The molecule has 0 aliphatic heterocycles. The molecule has 0 aliphatic carbocycles. The lowest BCUT2D eigenvalue weighted by Crippen LogP contribution is -2.13. The van der Waals surface area contributed by atoms with Gasteiger partial charge in [-0.2, -0.15) is 0 Å². The Morgan fingerprint density at radius 1 is 1.13 bits per heavy atom. The van der Waals surface area contributed by atoms with Crippen LogP contribution in [-0.4, -0.2) is 20.9 Å². The van der Waals surface area contributed by atoms with Gasteiger partial charge in [0.15, 0.2) is 0 Å². The van der Waals surface area contributed by atoms with Crippen LogP contribution in [0.2, 0.25) is 0 Å². The van der Waals surface area contributed by atoms with Crippen LogP contribution < -0.4 is 5.73 Å². The maximum absolute atomic E-state index is 11.1. The van der Waals surface area contributed by atoms with E-state index < -0.39 is 5.91 Å². The zero-order chi connectivity index (χ0) is 17.4. The topological polar surface area (TPSA) is 84.7 Å². The zero-order valence-electron chi connectivity index (χ0n) is 14.3. The Balaban J connectivity index is 0.000000615. The first kappa shape index (κ1) is 18.4. The molecule has 0 bridgehead atoms. The van der Waals surface area contributed by atoms with Gasteiger partial charge in [-0.1, -0.05) is 33.8 Å². The highest BCUT2D eigenvalue weighted by Gasteiger charge is 2.08. The van der Waals surface area contributed by atoms with Gasteiger partial charge >= 0.3 is 0 Å². The Hall–Kier alpha value is -2.69. The van der Waals surface area contributed by atoms with Gasteiger partial charge < -0.3 is 10.7 Å². The molecule has 5 nitrogen and oxygen atoms in total. The van der Waals surface area contributed by atoms with Crippen LogP contribution in [0.15, 0.2) is 36.7 Å². The normalized spacial score (nSPS) is 9.43. The van der Waals surface area contributed by atoms with Gasteiger partial charge in [0.2, 0.25) is 0 Å². The highest BCUT2D eigenvalue weighted by atomic mass is 16.1. The predicted molar refractivity (Wildman–Crippen MR) is 95.3 cm³/mol. The fourth-order valence-electron chi connectivity index (χ4n) is 2.09. The van der Waals surface area contributed by atoms with E-state index in [4.69, 9.17) is 5.73 Å². The monoisotopic (exact) mass is 312 g/mol. The minimum atomic E-state index is -0.520. The third-order valence-corrected chi connectivity index (χ3v) is 3.05. The van der Waals surface area contributed by atoms with Gasteiger partial charge in [0.05, 0.1) is 0 Å². The maximum atomic E-state index is 11.1. The highest BCUT2D eigenvalue weighted by molar-refractivity contribution is 5.91. The number of amides is 1. The fourth-order valence-corrected chi connectivity index (χ4v) is 2.09. The Labute approximate surface area is 137 Å². The number of hydrogen-bond acceptors (Lipinski definition) is 3. The highest BCUT2D eigenvalue weighted by Crippen LogP contribution is 2.24. The molecule has 0 saturated heterocycles. The number of nitrogens with two attached hydrogens (primary N) is 1. The van der Waals surface area contributed by atoms with Gasteiger partial charge in [-0.3, -0.25) is 4.79 Å². The molecule has 1 amide bonds. The largest absolute Gasteiger partial charge is 0.364 e. The fraction of sp³-hybridized carbons (Fsp3) is 0.278. The van der Waals surface area contributed by atoms with Crippen LogP contribution in [-0.2, 0) is 0 Å². The van der Waals surface area contributed by atoms with Crippen molar-refractivity contribution in [3.8, 4) is 11.1 Å². The summed E-state index contributed by atoms with van der Waals surface area (Å²) < 4.78 is 0. The van der Waals surface area contributed by atoms with Crippen molar-refractivity contribution in [2.24, 2.45) is 5.73 Å². The molecule has 0 fully saturated rings. The molecule has 0 saturated carbocycles. The number of pyridine rings is 2. The molecule has 0 atom stereocenters. The van der Waals surface area contributed by atoms with Crippen molar-refractivity contribution in [3.05, 3.63) is 48.0 Å². The van der Waals surface area contributed by atoms with Crippen molar-refractivity contribution >= 4 is 16.9 Å². The van der Waals surface area contributed by atoms with Crippen molar-refractivity contribution in [3.63, 3.8) is 0 Å². The molecule has 0 spiro atoms. The van der Waals surface area contributed by atoms with Crippen molar-refractivity contribution in [2.75, 3.05) is 0 Å². The van der Waals surface area contributed by atoms with Crippen LogP contribution in [0.1, 0.15) is 43.9 Å². The van der Waals surface area contributed by atoms with E-state index in [-0.39, 0.29) is 5.69 Å². The van der Waals surface area contributed by atoms with Crippen LogP contribution in [0, 0.1) is 6.92 Å². The first-order valence-corrected chi connectivity index (χ1v) is 7.86. The van der Waals surface area contributed by atoms with Crippen molar-refractivity contribution in [1.82, 2.24) is 15.0 Å². The number of aromatic amines is 1. The molecule has 3 N–H and O–H groups in total. The number of aromatic nitrogens is 3. The molecule has 0 radical (unpaired) electrons. The average molecular weight is 312 g/mol. The average Bonchev–Trinajstić information content (AvgIpc) is 3.06. The van der Waals surface area contributed by atoms with Gasteiger partial charge in [-0.05, 0) is 25.1 Å². The van der Waals surface area contributed by atoms with Crippen molar-refractivity contribution in [2.45, 2.75) is 34.6 Å². The molecule has 3 rings (SSSR count). The summed E-state index contributed by atoms with van der Waals surface area (Å²) in [6.07, 6.45) is 3.63. The standard InChI is InChI=1S/C14H12N4O.2C2H6/c1-8-11(2-3-12(18-8)13(15)19)10-6-9-4-5-16-14(9)17-7-10;2*1-2/h2-7H,1H3,(H2,15,19)(H,16,17);2*1-2H3. The van der Waals surface area contributed by atoms with Gasteiger partial charge in [0, 0.05) is 34.6 Å². The minimum Gasteiger partial charge on any atom is -0.364 e. The SMILES string of the molecule is CC.CC.Cc1nc(C(N)=O)ccc1-c1cnc2[nH]ccc2c1. The van der Waals surface area contributed by atoms with Crippen LogP contribution in [0.3, 0.4) is 0 Å². The molecule has 5 heteroatoms. The van der Waals surface area contributed by atoms with Crippen LogP contribution in [0.5, 0.6) is 0 Å². The number of carbonyl (C=O) groups excluding carboxylic acids is 1. The molecule has 0 aliphatic rings. The summed E-state index contributed by atoms with van der Waals surface area (Å²) in [7, 11) is 0. The van der Waals surface area contributed by atoms with E-state index in [0.29, 0.717) is 0 Å². The molecule has 122 valence electrons. The molecule has 23 heavy (non-hydrogen) atoms. The summed E-state index contributed by atoms with van der Waals surface area (Å²) in [5.74, 6) is -0.520. The number of nitrogens with zero attached hydrogens (tertiary/aromatic N) is 2. The Morgan fingerprint density at radius 2 is 1.83 bits per heavy atom. The number of primary amides is 1. The number of rotatable bonds is 2. The Bertz CT molecular complexity index is 778. The zero-order valence-corrected chi connectivity index (χ0v) is 14.3. The van der Waals surface area contributed by atoms with E-state index in [0.717, 1.165) is 27.9 Å². The molecule has 0 unspecified atom stereocenters. The second kappa shape index (κ2) is 8.68. The second-order valence-electron chi connectivity index (χ2n) is 4.33. The number of hydrogen-bond donors (Lipinski definition) is 2. The summed E-state index contributed by atoms with van der Waals surface area (Å²) in [6.45, 7) is 9.85. The van der Waals surface area contributed by atoms with Crippen LogP contribution in [0.4, 0.5) is 0 Å². The van der Waals surface area contributed by atoms with E-state index >= 15 is 0 Å². The molecular weight excluding hydrogens is 288 g/mol. The Kier molecular flexibility index (Phi) is 6.93. The predicted octanol–water partition coefficient (Wildman–Crippen LogP) is 4.08. The summed E-state index contributed by atoms with van der Waals surface area (Å²) in [6, 6.07) is 7.48. The van der Waals surface area contributed by atoms with Crippen molar-refractivity contribution in [1.29, 1.82) is 0 Å². The first-order chi connectivity index (χ1) is 11.1. The summed E-state index contributed by atoms with van der Waals surface area (Å²) in [5.41, 5.74) is 9.01. The summed E-state index contributed by atoms with van der Waals surface area (Å²) >= 11 is 0.